The summed E-state index contributed by atoms with van der Waals surface area (Å²) in [5, 5.41) is 6.85. The van der Waals surface area contributed by atoms with E-state index >= 15 is 0 Å². The van der Waals surface area contributed by atoms with Gasteiger partial charge in [-0.25, -0.2) is 0 Å². The molecule has 26 heavy (non-hydrogen) atoms. The lowest BCUT2D eigenvalue weighted by Gasteiger charge is -2.33. The first-order valence-electron chi connectivity index (χ1n) is 10.1. The van der Waals surface area contributed by atoms with Crippen LogP contribution in [0.2, 0.25) is 0 Å². The Labute approximate surface area is 155 Å². The summed E-state index contributed by atoms with van der Waals surface area (Å²) in [5.41, 5.74) is 0.746. The number of nitrogens with one attached hydrogen (secondary N) is 2. The molecule has 0 aromatic heterocycles. The van der Waals surface area contributed by atoms with Crippen LogP contribution >= 0.6 is 0 Å². The van der Waals surface area contributed by atoms with Crippen molar-refractivity contribution in [3.05, 3.63) is 35.9 Å². The van der Waals surface area contributed by atoms with E-state index in [2.05, 4.69) is 10.6 Å². The van der Waals surface area contributed by atoms with Crippen molar-refractivity contribution in [2.24, 2.45) is 5.92 Å². The highest BCUT2D eigenvalue weighted by Gasteiger charge is 2.34. The molecule has 3 heterocycles. The van der Waals surface area contributed by atoms with E-state index in [1.807, 2.05) is 35.2 Å². The van der Waals surface area contributed by atoms with Gasteiger partial charge in [-0.1, -0.05) is 18.2 Å². The smallest absolute Gasteiger partial charge is 0.253 e. The van der Waals surface area contributed by atoms with Crippen molar-refractivity contribution in [2.75, 3.05) is 13.1 Å². The number of hydrogen-bond acceptors (Lipinski definition) is 3. The fourth-order valence-corrected chi connectivity index (χ4v) is 4.88. The van der Waals surface area contributed by atoms with Gasteiger partial charge in [0.1, 0.15) is 0 Å². The molecule has 3 aliphatic heterocycles. The van der Waals surface area contributed by atoms with Gasteiger partial charge in [0, 0.05) is 43.2 Å². The van der Waals surface area contributed by atoms with E-state index in [0.717, 1.165) is 44.3 Å². The monoisotopic (exact) mass is 355 g/mol. The molecule has 5 nitrogen and oxygen atoms in total. The van der Waals surface area contributed by atoms with Crippen molar-refractivity contribution in [3.8, 4) is 0 Å². The summed E-state index contributed by atoms with van der Waals surface area (Å²) >= 11 is 0. The third-order valence-electron chi connectivity index (χ3n) is 6.21. The minimum absolute atomic E-state index is 0.0977. The van der Waals surface area contributed by atoms with Crippen LogP contribution in [0.15, 0.2) is 30.3 Å². The van der Waals surface area contributed by atoms with Crippen LogP contribution in [0.1, 0.15) is 55.3 Å². The molecule has 3 aliphatic rings. The summed E-state index contributed by atoms with van der Waals surface area (Å²) in [5.74, 6) is 0.832. The number of piperidine rings is 2. The lowest BCUT2D eigenvalue weighted by atomic mass is 9.89. The van der Waals surface area contributed by atoms with Crippen LogP contribution in [-0.2, 0) is 4.79 Å². The second-order valence-corrected chi connectivity index (χ2v) is 8.18. The van der Waals surface area contributed by atoms with Gasteiger partial charge in [-0.15, -0.1) is 0 Å². The van der Waals surface area contributed by atoms with Gasteiger partial charge in [-0.05, 0) is 56.6 Å². The van der Waals surface area contributed by atoms with Crippen LogP contribution in [0.4, 0.5) is 0 Å². The van der Waals surface area contributed by atoms with E-state index in [1.54, 1.807) is 0 Å². The molecule has 2 bridgehead atoms. The summed E-state index contributed by atoms with van der Waals surface area (Å²) in [6.45, 7) is 1.44. The number of carbonyl (C=O) groups is 2. The number of likely N-dealkylation sites (tertiary alicyclic amines) is 1. The molecule has 3 fully saturated rings. The van der Waals surface area contributed by atoms with Crippen LogP contribution in [0, 0.1) is 5.92 Å². The molecule has 0 saturated carbocycles. The van der Waals surface area contributed by atoms with Crippen LogP contribution in [0.5, 0.6) is 0 Å². The van der Waals surface area contributed by atoms with Crippen molar-refractivity contribution in [1.29, 1.82) is 0 Å². The molecule has 3 saturated heterocycles. The highest BCUT2D eigenvalue weighted by atomic mass is 16.2. The fraction of sp³-hybridized carbons (Fsp3) is 0.619. The molecular formula is C21H29N3O2. The fourth-order valence-electron chi connectivity index (χ4n) is 4.88. The number of carbonyl (C=O) groups excluding carboxylic acids is 2. The average Bonchev–Trinajstić information content (AvgIpc) is 3.00. The Balaban J connectivity index is 1.21. The molecule has 0 aliphatic carbocycles. The molecule has 1 aromatic rings. The molecule has 5 heteroatoms. The number of benzene rings is 1. The maximum atomic E-state index is 12.5. The van der Waals surface area contributed by atoms with Gasteiger partial charge in [0.05, 0.1) is 0 Å². The average molecular weight is 355 g/mol. The van der Waals surface area contributed by atoms with Gasteiger partial charge in [0.25, 0.3) is 5.91 Å². The van der Waals surface area contributed by atoms with Crippen molar-refractivity contribution in [3.63, 3.8) is 0 Å². The molecule has 0 spiro atoms. The quantitative estimate of drug-likeness (QED) is 0.871. The number of nitrogens with zero attached hydrogens (tertiary/aromatic N) is 1. The van der Waals surface area contributed by atoms with Crippen LogP contribution in [0.25, 0.3) is 0 Å². The lowest BCUT2D eigenvalue weighted by molar-refractivity contribution is -0.123. The van der Waals surface area contributed by atoms with Crippen LogP contribution in [0.3, 0.4) is 0 Å². The predicted octanol–water partition coefficient (Wildman–Crippen LogP) is 2.33. The summed E-state index contributed by atoms with van der Waals surface area (Å²) in [4.78, 5) is 26.8. The van der Waals surface area contributed by atoms with Crippen molar-refractivity contribution >= 4 is 11.8 Å². The van der Waals surface area contributed by atoms with E-state index in [0.29, 0.717) is 24.4 Å². The van der Waals surface area contributed by atoms with E-state index in [4.69, 9.17) is 0 Å². The molecule has 2 N–H and O–H groups in total. The lowest BCUT2D eigenvalue weighted by Crippen LogP contribution is -2.47. The maximum absolute atomic E-state index is 12.5. The maximum Gasteiger partial charge on any atom is 0.253 e. The van der Waals surface area contributed by atoms with E-state index < -0.39 is 0 Å². The van der Waals surface area contributed by atoms with Crippen molar-refractivity contribution in [2.45, 2.75) is 63.1 Å². The third-order valence-corrected chi connectivity index (χ3v) is 6.21. The van der Waals surface area contributed by atoms with Gasteiger partial charge >= 0.3 is 0 Å². The van der Waals surface area contributed by atoms with E-state index in [-0.39, 0.29) is 17.9 Å². The summed E-state index contributed by atoms with van der Waals surface area (Å²) in [6.07, 6.45) is 7.21. The highest BCUT2D eigenvalue weighted by molar-refractivity contribution is 5.94. The number of rotatable bonds is 4. The molecule has 140 valence electrons. The molecule has 1 aromatic carbocycles. The van der Waals surface area contributed by atoms with Crippen LogP contribution < -0.4 is 10.6 Å². The Morgan fingerprint density at radius 2 is 1.65 bits per heavy atom. The molecular weight excluding hydrogens is 326 g/mol. The minimum Gasteiger partial charge on any atom is -0.353 e. The van der Waals surface area contributed by atoms with Gasteiger partial charge in [-0.3, -0.25) is 9.59 Å². The van der Waals surface area contributed by atoms with Gasteiger partial charge in [0.15, 0.2) is 0 Å². The predicted molar refractivity (Wildman–Crippen MR) is 101 cm³/mol. The Bertz CT molecular complexity index is 628. The highest BCUT2D eigenvalue weighted by Crippen LogP contribution is 2.32. The Kier molecular flexibility index (Phi) is 5.25. The summed E-state index contributed by atoms with van der Waals surface area (Å²) < 4.78 is 0. The largest absolute Gasteiger partial charge is 0.353 e. The minimum atomic E-state index is 0.0977. The first kappa shape index (κ1) is 17.5. The normalized spacial score (nSPS) is 28.8. The number of amides is 2. The number of fused-ring (bicyclic) bond motifs is 2. The molecule has 0 radical (unpaired) electrons. The Morgan fingerprint density at radius 1 is 1.00 bits per heavy atom. The molecule has 2 atom stereocenters. The van der Waals surface area contributed by atoms with Gasteiger partial charge in [0.2, 0.25) is 5.91 Å². The van der Waals surface area contributed by atoms with Gasteiger partial charge < -0.3 is 15.5 Å². The topological polar surface area (TPSA) is 61.4 Å². The molecule has 4 rings (SSSR count). The first-order chi connectivity index (χ1) is 12.7. The zero-order valence-corrected chi connectivity index (χ0v) is 15.3. The first-order valence-corrected chi connectivity index (χ1v) is 10.1. The second-order valence-electron chi connectivity index (χ2n) is 8.18. The van der Waals surface area contributed by atoms with E-state index in [1.165, 1.54) is 12.8 Å². The number of hydrogen-bond donors (Lipinski definition) is 2. The van der Waals surface area contributed by atoms with Crippen LogP contribution in [-0.4, -0.2) is 47.9 Å². The Morgan fingerprint density at radius 3 is 2.31 bits per heavy atom. The standard InChI is InChI=1S/C21H29N3O2/c25-20(14-15-12-18-6-7-19(13-15)22-18)23-17-8-10-24(11-9-17)21(26)16-4-2-1-3-5-16/h1-5,15,17-19,22H,6-14H2,(H,23,25). The molecule has 2 amide bonds. The van der Waals surface area contributed by atoms with E-state index in [9.17, 15) is 9.59 Å². The van der Waals surface area contributed by atoms with Crippen molar-refractivity contribution in [1.82, 2.24) is 15.5 Å². The third kappa shape index (κ3) is 4.09. The Hall–Kier alpha value is -1.88. The summed E-state index contributed by atoms with van der Waals surface area (Å²) in [6, 6.07) is 10.9. The summed E-state index contributed by atoms with van der Waals surface area (Å²) in [7, 11) is 0. The SMILES string of the molecule is O=C(CC1CC2CCC(C1)N2)NC1CCN(C(=O)c2ccccc2)CC1. The van der Waals surface area contributed by atoms with Gasteiger partial charge in [-0.2, -0.15) is 0 Å². The zero-order chi connectivity index (χ0) is 17.9. The zero-order valence-electron chi connectivity index (χ0n) is 15.3. The second kappa shape index (κ2) is 7.78. The van der Waals surface area contributed by atoms with Crippen molar-refractivity contribution < 1.29 is 9.59 Å². The molecule has 2 unspecified atom stereocenters.